The molecule has 0 saturated carbocycles. The Hall–Kier alpha value is -2.87. The summed E-state index contributed by atoms with van der Waals surface area (Å²) in [6.07, 6.45) is -5.04. The summed E-state index contributed by atoms with van der Waals surface area (Å²) in [5.41, 5.74) is 0.333. The predicted octanol–water partition coefficient (Wildman–Crippen LogP) is 7.71. The number of amides is 1. The van der Waals surface area contributed by atoms with Gasteiger partial charge in [0.25, 0.3) is 5.91 Å². The van der Waals surface area contributed by atoms with Crippen molar-refractivity contribution >= 4 is 57.8 Å². The Morgan fingerprint density at radius 3 is 2.20 bits per heavy atom. The van der Waals surface area contributed by atoms with E-state index in [0.717, 1.165) is 5.56 Å². The summed E-state index contributed by atoms with van der Waals surface area (Å²) in [5, 5.41) is 11.5. The van der Waals surface area contributed by atoms with Gasteiger partial charge in [0.05, 0.1) is 16.4 Å². The van der Waals surface area contributed by atoms with Crippen LogP contribution in [0, 0.1) is 5.41 Å². The molecule has 0 saturated heterocycles. The number of para-hydroxylation sites is 1. The molecule has 3 aromatic carbocycles. The highest BCUT2D eigenvalue weighted by molar-refractivity contribution is 6.35. The van der Waals surface area contributed by atoms with Crippen LogP contribution in [0.2, 0.25) is 15.1 Å². The van der Waals surface area contributed by atoms with Gasteiger partial charge in [0, 0.05) is 28.6 Å². The first-order valence-electron chi connectivity index (χ1n) is 10.3. The monoisotopic (exact) mass is 539 g/mol. The molecule has 182 valence electrons. The Balaban J connectivity index is 1.75. The first-order valence-corrected chi connectivity index (χ1v) is 11.5. The molecular formula is C25H19Cl3F3N3O. The second kappa shape index (κ2) is 11.7. The van der Waals surface area contributed by atoms with E-state index in [4.69, 9.17) is 40.2 Å². The maximum Gasteiger partial charge on any atom is 0.429 e. The van der Waals surface area contributed by atoms with E-state index in [1.807, 2.05) is 0 Å². The summed E-state index contributed by atoms with van der Waals surface area (Å²) in [7, 11) is 0. The van der Waals surface area contributed by atoms with Crippen LogP contribution in [0.1, 0.15) is 27.9 Å². The van der Waals surface area contributed by atoms with Gasteiger partial charge in [-0.1, -0.05) is 65.1 Å². The number of nitrogens with one attached hydrogen (secondary N) is 2. The summed E-state index contributed by atoms with van der Waals surface area (Å²) in [6.45, 7) is 0.323. The van der Waals surface area contributed by atoms with Gasteiger partial charge >= 0.3 is 6.18 Å². The number of benzene rings is 3. The van der Waals surface area contributed by atoms with E-state index in [1.54, 1.807) is 42.5 Å². The number of hydrogen-bond acceptors (Lipinski definition) is 3. The van der Waals surface area contributed by atoms with E-state index in [9.17, 15) is 18.0 Å². The third kappa shape index (κ3) is 7.56. The minimum atomic E-state index is -4.78. The summed E-state index contributed by atoms with van der Waals surface area (Å²) in [6, 6.07) is 17.5. The highest BCUT2D eigenvalue weighted by Gasteiger charge is 2.35. The molecule has 10 heteroatoms. The normalized spacial score (nSPS) is 11.9. The molecule has 0 aliphatic heterocycles. The molecule has 2 N–H and O–H groups in total. The number of carbonyl (C=O) groups excluding carboxylic acids is 1. The van der Waals surface area contributed by atoms with Gasteiger partial charge in [-0.3, -0.25) is 9.79 Å². The largest absolute Gasteiger partial charge is 0.429 e. The van der Waals surface area contributed by atoms with Crippen LogP contribution in [0.5, 0.6) is 0 Å². The van der Waals surface area contributed by atoms with Crippen LogP contribution in [-0.4, -0.2) is 30.1 Å². The van der Waals surface area contributed by atoms with Crippen LogP contribution in [0.4, 0.5) is 18.9 Å². The van der Waals surface area contributed by atoms with Crippen LogP contribution in [-0.2, 0) is 6.42 Å². The van der Waals surface area contributed by atoms with Crippen LogP contribution in [0.25, 0.3) is 0 Å². The lowest BCUT2D eigenvalue weighted by Gasteiger charge is -2.12. The van der Waals surface area contributed by atoms with Crippen molar-refractivity contribution in [3.05, 3.63) is 98.5 Å². The number of nitrogens with zero attached hydrogens (tertiary/aromatic N) is 1. The minimum absolute atomic E-state index is 0.00441. The second-order valence-corrected chi connectivity index (χ2v) is 8.73. The summed E-state index contributed by atoms with van der Waals surface area (Å²) in [5.74, 6) is -0.353. The Bertz CT molecular complexity index is 1260. The summed E-state index contributed by atoms with van der Waals surface area (Å²) >= 11 is 18.1. The molecule has 35 heavy (non-hydrogen) atoms. The number of alkyl halides is 3. The first-order chi connectivity index (χ1) is 16.5. The summed E-state index contributed by atoms with van der Waals surface area (Å²) < 4.78 is 39.1. The number of rotatable bonds is 8. The molecule has 0 bridgehead atoms. The van der Waals surface area contributed by atoms with Gasteiger partial charge in [-0.05, 0) is 53.9 Å². The fourth-order valence-corrected chi connectivity index (χ4v) is 3.79. The van der Waals surface area contributed by atoms with Gasteiger partial charge in [0.2, 0.25) is 0 Å². The van der Waals surface area contributed by atoms with Crippen LogP contribution >= 0.6 is 34.8 Å². The van der Waals surface area contributed by atoms with Gasteiger partial charge in [-0.2, -0.15) is 13.2 Å². The zero-order chi connectivity index (χ0) is 25.6. The Labute approximate surface area is 215 Å². The molecule has 0 fully saturated rings. The fourth-order valence-electron chi connectivity index (χ4n) is 3.11. The van der Waals surface area contributed by atoms with E-state index in [1.165, 1.54) is 24.3 Å². The maximum absolute atomic E-state index is 13.0. The average Bonchev–Trinajstić information content (AvgIpc) is 2.80. The molecule has 0 aliphatic carbocycles. The number of hydrogen-bond donors (Lipinski definition) is 2. The van der Waals surface area contributed by atoms with Gasteiger partial charge in [0.1, 0.15) is 5.71 Å². The van der Waals surface area contributed by atoms with E-state index in [-0.39, 0.29) is 22.3 Å². The lowest BCUT2D eigenvalue weighted by atomic mass is 10.0. The lowest BCUT2D eigenvalue weighted by Crippen LogP contribution is -2.26. The van der Waals surface area contributed by atoms with Crippen molar-refractivity contribution in [1.82, 2.24) is 5.32 Å². The maximum atomic E-state index is 13.0. The van der Waals surface area contributed by atoms with Gasteiger partial charge in [0.15, 0.2) is 0 Å². The zero-order valence-corrected chi connectivity index (χ0v) is 20.4. The molecule has 3 aromatic rings. The minimum Gasteiger partial charge on any atom is -0.352 e. The lowest BCUT2D eigenvalue weighted by molar-refractivity contribution is -0.0605. The van der Waals surface area contributed by atoms with Gasteiger partial charge < -0.3 is 10.7 Å². The number of aliphatic imine (C=N–C) groups is 1. The second-order valence-electron chi connectivity index (χ2n) is 7.48. The molecule has 0 radical (unpaired) electrons. The molecule has 0 heterocycles. The third-order valence-corrected chi connectivity index (χ3v) is 5.88. The van der Waals surface area contributed by atoms with Crippen molar-refractivity contribution in [2.45, 2.75) is 19.0 Å². The molecule has 3 rings (SSSR count). The van der Waals surface area contributed by atoms with Gasteiger partial charge in [-0.15, -0.1) is 0 Å². The van der Waals surface area contributed by atoms with E-state index in [0.29, 0.717) is 34.1 Å². The van der Waals surface area contributed by atoms with Crippen molar-refractivity contribution in [3.63, 3.8) is 0 Å². The van der Waals surface area contributed by atoms with Crippen molar-refractivity contribution in [2.75, 3.05) is 6.54 Å². The van der Waals surface area contributed by atoms with Gasteiger partial charge in [-0.25, -0.2) is 0 Å². The van der Waals surface area contributed by atoms with Crippen molar-refractivity contribution in [1.29, 1.82) is 5.41 Å². The standard InChI is InChI=1S/C25H19Cl3F3N3O/c26-18-10-9-15(20(28)13-18)11-12-33-24(35)17-7-5-16(6-8-17)22(14-23(32)25(29,30)31)34-21-4-2-1-3-19(21)27/h1-10,13,32H,11-12,14H2,(H,33,35). The van der Waals surface area contributed by atoms with Crippen LogP contribution < -0.4 is 5.32 Å². The smallest absolute Gasteiger partial charge is 0.352 e. The molecule has 0 unspecified atom stereocenters. The van der Waals surface area contributed by atoms with Crippen molar-refractivity contribution < 1.29 is 18.0 Å². The Morgan fingerprint density at radius 2 is 1.57 bits per heavy atom. The molecule has 4 nitrogen and oxygen atoms in total. The first kappa shape index (κ1) is 26.7. The summed E-state index contributed by atoms with van der Waals surface area (Å²) in [4.78, 5) is 16.8. The SMILES string of the molecule is N=C(CC(=Nc1ccccc1Cl)c1ccc(C(=O)NCCc2ccc(Cl)cc2Cl)cc1)C(F)(F)F. The van der Waals surface area contributed by atoms with Crippen LogP contribution in [0.3, 0.4) is 0 Å². The highest BCUT2D eigenvalue weighted by atomic mass is 35.5. The molecule has 1 amide bonds. The van der Waals surface area contributed by atoms with E-state index >= 15 is 0 Å². The molecule has 0 atom stereocenters. The quantitative estimate of drug-likeness (QED) is 0.282. The highest BCUT2D eigenvalue weighted by Crippen LogP contribution is 2.27. The zero-order valence-electron chi connectivity index (χ0n) is 18.1. The topological polar surface area (TPSA) is 65.3 Å². The average molecular weight is 541 g/mol. The Kier molecular flexibility index (Phi) is 8.94. The van der Waals surface area contributed by atoms with Crippen molar-refractivity contribution in [3.8, 4) is 0 Å². The number of carbonyl (C=O) groups is 1. The van der Waals surface area contributed by atoms with E-state index < -0.39 is 18.3 Å². The molecule has 0 aliphatic rings. The van der Waals surface area contributed by atoms with E-state index in [2.05, 4.69) is 10.3 Å². The van der Waals surface area contributed by atoms with Crippen molar-refractivity contribution in [2.24, 2.45) is 4.99 Å². The molecule has 0 spiro atoms. The fraction of sp³-hybridized carbons (Fsp3) is 0.160. The number of halogens is 6. The Morgan fingerprint density at radius 1 is 0.914 bits per heavy atom. The molecule has 0 aromatic heterocycles. The molecular weight excluding hydrogens is 522 g/mol. The third-order valence-electron chi connectivity index (χ3n) is 4.97. The van der Waals surface area contributed by atoms with Crippen LogP contribution in [0.15, 0.2) is 71.7 Å². The predicted molar refractivity (Wildman–Crippen MR) is 135 cm³/mol.